The third-order valence-corrected chi connectivity index (χ3v) is 6.51. The van der Waals surface area contributed by atoms with E-state index in [1.165, 1.54) is 24.8 Å². The first-order valence-electron chi connectivity index (χ1n) is 10.7. The second-order valence-electron chi connectivity index (χ2n) is 8.41. The van der Waals surface area contributed by atoms with Crippen molar-refractivity contribution in [2.24, 2.45) is 11.8 Å². The summed E-state index contributed by atoms with van der Waals surface area (Å²) in [7, 11) is 0. The fourth-order valence-corrected chi connectivity index (χ4v) is 4.57. The molecule has 4 heteroatoms. The first-order chi connectivity index (χ1) is 14.2. The highest BCUT2D eigenvalue weighted by Crippen LogP contribution is 2.37. The minimum absolute atomic E-state index is 0.0804. The molecule has 2 aromatic rings. The number of carbonyl (C=O) groups is 2. The number of esters is 1. The maximum absolute atomic E-state index is 13.1. The molecule has 1 aliphatic heterocycles. The Bertz CT molecular complexity index is 803. The molecule has 1 saturated carbocycles. The minimum Gasteiger partial charge on any atom is -0.460 e. The van der Waals surface area contributed by atoms with E-state index in [1.54, 1.807) is 0 Å². The van der Waals surface area contributed by atoms with Crippen LogP contribution in [0.4, 0.5) is 0 Å². The van der Waals surface area contributed by atoms with Gasteiger partial charge in [-0.1, -0.05) is 79.9 Å². The monoisotopic (exact) mass is 391 g/mol. The van der Waals surface area contributed by atoms with E-state index in [-0.39, 0.29) is 23.8 Å². The highest BCUT2D eigenvalue weighted by Gasteiger charge is 2.41. The number of aldehydes is 1. The summed E-state index contributed by atoms with van der Waals surface area (Å²) < 4.78 is 5.71. The van der Waals surface area contributed by atoms with Crippen molar-refractivity contribution in [3.8, 4) is 0 Å². The zero-order chi connectivity index (χ0) is 20.1. The molecule has 29 heavy (non-hydrogen) atoms. The fraction of sp³-hybridized carbons (Fsp3) is 0.440. The molecule has 0 bridgehead atoms. The number of rotatable bonds is 8. The topological polar surface area (TPSA) is 46.6 Å². The van der Waals surface area contributed by atoms with E-state index in [4.69, 9.17) is 4.74 Å². The maximum Gasteiger partial charge on any atom is 0.323 e. The second kappa shape index (κ2) is 9.36. The van der Waals surface area contributed by atoms with Crippen LogP contribution in [0, 0.1) is 11.8 Å². The number of hydrogen-bond donors (Lipinski definition) is 0. The SMILES string of the molecule is O=C[C@H]1CN([C@H](CC2CCC2)C(=O)OCc2ccccc2)C[C@@H]1c1ccccc1. The van der Waals surface area contributed by atoms with Crippen LogP contribution in [-0.2, 0) is 20.9 Å². The Balaban J connectivity index is 1.47. The van der Waals surface area contributed by atoms with Crippen molar-refractivity contribution in [2.45, 2.75) is 44.2 Å². The van der Waals surface area contributed by atoms with E-state index >= 15 is 0 Å². The van der Waals surface area contributed by atoms with Crippen LogP contribution in [0.5, 0.6) is 0 Å². The molecule has 3 atom stereocenters. The summed E-state index contributed by atoms with van der Waals surface area (Å²) in [6, 6.07) is 19.7. The van der Waals surface area contributed by atoms with E-state index < -0.39 is 0 Å². The molecule has 4 rings (SSSR count). The van der Waals surface area contributed by atoms with Gasteiger partial charge in [0, 0.05) is 24.9 Å². The molecule has 0 amide bonds. The Morgan fingerprint density at radius 3 is 2.34 bits per heavy atom. The molecule has 2 fully saturated rings. The molecule has 2 aromatic carbocycles. The standard InChI is InChI=1S/C25H29NO3/c27-17-22-15-26(16-23(22)21-12-5-2-6-13-21)24(14-19-10-7-11-19)25(28)29-18-20-8-3-1-4-9-20/h1-6,8-9,12-13,17,19,22-24H,7,10-11,14-16,18H2/t22-,23-,24-/m1/s1. The molecule has 1 aliphatic carbocycles. The Morgan fingerprint density at radius 1 is 1.03 bits per heavy atom. The van der Waals surface area contributed by atoms with Crippen LogP contribution in [0.3, 0.4) is 0 Å². The van der Waals surface area contributed by atoms with Gasteiger partial charge < -0.3 is 9.53 Å². The Labute approximate surface area is 172 Å². The summed E-state index contributed by atoms with van der Waals surface area (Å²) in [5.41, 5.74) is 2.17. The van der Waals surface area contributed by atoms with Crippen molar-refractivity contribution >= 4 is 12.3 Å². The maximum atomic E-state index is 13.1. The van der Waals surface area contributed by atoms with Gasteiger partial charge in [0.1, 0.15) is 18.9 Å². The van der Waals surface area contributed by atoms with Crippen LogP contribution in [0.25, 0.3) is 0 Å². The van der Waals surface area contributed by atoms with Gasteiger partial charge in [0.2, 0.25) is 0 Å². The first kappa shape index (κ1) is 19.8. The van der Waals surface area contributed by atoms with Crippen molar-refractivity contribution in [3.63, 3.8) is 0 Å². The Hall–Kier alpha value is -2.46. The summed E-state index contributed by atoms with van der Waals surface area (Å²) >= 11 is 0. The van der Waals surface area contributed by atoms with Gasteiger partial charge in [-0.3, -0.25) is 9.69 Å². The van der Waals surface area contributed by atoms with Crippen molar-refractivity contribution in [3.05, 3.63) is 71.8 Å². The van der Waals surface area contributed by atoms with Gasteiger partial charge in [-0.05, 0) is 23.5 Å². The third-order valence-electron chi connectivity index (χ3n) is 6.51. The van der Waals surface area contributed by atoms with Gasteiger partial charge in [-0.25, -0.2) is 0 Å². The van der Waals surface area contributed by atoms with Gasteiger partial charge in [0.05, 0.1) is 0 Å². The third kappa shape index (κ3) is 4.76. The largest absolute Gasteiger partial charge is 0.460 e. The van der Waals surface area contributed by atoms with Crippen LogP contribution < -0.4 is 0 Å². The summed E-state index contributed by atoms with van der Waals surface area (Å²) in [5, 5.41) is 0. The highest BCUT2D eigenvalue weighted by molar-refractivity contribution is 5.76. The molecular formula is C25H29NO3. The van der Waals surface area contributed by atoms with Crippen LogP contribution in [0.1, 0.15) is 42.7 Å². The molecule has 0 aromatic heterocycles. The molecule has 1 saturated heterocycles. The minimum atomic E-state index is -0.264. The molecule has 0 spiro atoms. The molecule has 0 N–H and O–H groups in total. The van der Waals surface area contributed by atoms with E-state index in [0.717, 1.165) is 24.8 Å². The van der Waals surface area contributed by atoms with E-state index in [9.17, 15) is 9.59 Å². The Morgan fingerprint density at radius 2 is 1.72 bits per heavy atom. The van der Waals surface area contributed by atoms with E-state index in [1.807, 2.05) is 48.5 Å². The second-order valence-corrected chi connectivity index (χ2v) is 8.41. The molecular weight excluding hydrogens is 362 g/mol. The average Bonchev–Trinajstić information content (AvgIpc) is 3.17. The molecule has 152 valence electrons. The predicted octanol–water partition coefficient (Wildman–Crippen LogP) is 4.20. The normalized spacial score (nSPS) is 23.3. The van der Waals surface area contributed by atoms with Gasteiger partial charge in [0.15, 0.2) is 0 Å². The number of ether oxygens (including phenoxy) is 1. The van der Waals surface area contributed by atoms with Gasteiger partial charge in [0.25, 0.3) is 0 Å². The van der Waals surface area contributed by atoms with Crippen molar-refractivity contribution < 1.29 is 14.3 Å². The zero-order valence-electron chi connectivity index (χ0n) is 16.8. The van der Waals surface area contributed by atoms with E-state index in [0.29, 0.717) is 19.1 Å². The summed E-state index contributed by atoms with van der Waals surface area (Å²) in [4.78, 5) is 27.0. The lowest BCUT2D eigenvalue weighted by atomic mass is 9.80. The van der Waals surface area contributed by atoms with Crippen molar-refractivity contribution in [1.29, 1.82) is 0 Å². The fourth-order valence-electron chi connectivity index (χ4n) is 4.57. The number of carbonyl (C=O) groups excluding carboxylic acids is 2. The number of benzene rings is 2. The highest BCUT2D eigenvalue weighted by atomic mass is 16.5. The Kier molecular flexibility index (Phi) is 6.40. The van der Waals surface area contributed by atoms with E-state index in [2.05, 4.69) is 17.0 Å². The number of hydrogen-bond acceptors (Lipinski definition) is 4. The van der Waals surface area contributed by atoms with Gasteiger partial charge in [-0.2, -0.15) is 0 Å². The van der Waals surface area contributed by atoms with Gasteiger partial charge >= 0.3 is 5.97 Å². The quantitative estimate of drug-likeness (QED) is 0.500. The van der Waals surface area contributed by atoms with Crippen LogP contribution in [0.15, 0.2) is 60.7 Å². The molecule has 2 aliphatic rings. The summed E-state index contributed by atoms with van der Waals surface area (Å²) in [6.45, 7) is 1.65. The summed E-state index contributed by atoms with van der Waals surface area (Å²) in [5.74, 6) is 0.497. The molecule has 0 radical (unpaired) electrons. The smallest absolute Gasteiger partial charge is 0.323 e. The lowest BCUT2D eigenvalue weighted by molar-refractivity contribution is -0.152. The van der Waals surface area contributed by atoms with Crippen LogP contribution in [0.2, 0.25) is 0 Å². The average molecular weight is 392 g/mol. The molecule has 4 nitrogen and oxygen atoms in total. The van der Waals surface area contributed by atoms with Crippen LogP contribution in [-0.4, -0.2) is 36.3 Å². The van der Waals surface area contributed by atoms with Crippen molar-refractivity contribution in [1.82, 2.24) is 4.90 Å². The molecule has 1 heterocycles. The molecule has 0 unspecified atom stereocenters. The number of likely N-dealkylation sites (tertiary alicyclic amines) is 1. The lowest BCUT2D eigenvalue weighted by Gasteiger charge is -2.33. The predicted molar refractivity (Wildman–Crippen MR) is 112 cm³/mol. The first-order valence-corrected chi connectivity index (χ1v) is 10.7. The van der Waals surface area contributed by atoms with Crippen LogP contribution >= 0.6 is 0 Å². The number of nitrogens with zero attached hydrogens (tertiary/aromatic N) is 1. The van der Waals surface area contributed by atoms with Gasteiger partial charge in [-0.15, -0.1) is 0 Å². The zero-order valence-corrected chi connectivity index (χ0v) is 16.8. The lowest BCUT2D eigenvalue weighted by Crippen LogP contribution is -2.43. The summed E-state index contributed by atoms with van der Waals surface area (Å²) in [6.07, 6.45) is 5.53. The van der Waals surface area contributed by atoms with Crippen molar-refractivity contribution in [2.75, 3.05) is 13.1 Å².